The average Bonchev–Trinajstić information content (AvgIpc) is 2.43. The van der Waals surface area contributed by atoms with Crippen molar-refractivity contribution in [2.45, 2.75) is 71.6 Å². The fraction of sp³-hybridized carbons (Fsp3) is 0.706. The highest BCUT2D eigenvalue weighted by molar-refractivity contribution is 5.70. The number of hydrogen-bond acceptors (Lipinski definition) is 3. The van der Waals surface area contributed by atoms with Gasteiger partial charge in [-0.05, 0) is 45.4 Å². The van der Waals surface area contributed by atoms with Crippen LogP contribution in [0, 0.1) is 19.8 Å². The molecule has 1 saturated carbocycles. The summed E-state index contributed by atoms with van der Waals surface area (Å²) in [5, 5.41) is 8.96. The molecule has 1 heterocycles. The highest BCUT2D eigenvalue weighted by atomic mass is 16.4. The lowest BCUT2D eigenvalue weighted by atomic mass is 9.79. The number of aliphatic carboxylic acids is 1. The molecule has 0 aromatic carbocycles. The van der Waals surface area contributed by atoms with Crippen molar-refractivity contribution in [3.8, 4) is 0 Å². The summed E-state index contributed by atoms with van der Waals surface area (Å²) in [5.74, 6) is 1.43. The van der Waals surface area contributed by atoms with E-state index in [-0.39, 0.29) is 6.42 Å². The summed E-state index contributed by atoms with van der Waals surface area (Å²) in [7, 11) is 0. The maximum Gasteiger partial charge on any atom is 0.307 e. The van der Waals surface area contributed by atoms with Crippen LogP contribution in [0.3, 0.4) is 0 Å². The minimum Gasteiger partial charge on any atom is -0.481 e. The summed E-state index contributed by atoms with van der Waals surface area (Å²) in [4.78, 5) is 20.1. The Labute approximate surface area is 127 Å². The van der Waals surface area contributed by atoms with Crippen LogP contribution in [-0.2, 0) is 11.2 Å². The minimum absolute atomic E-state index is 0.0151. The smallest absolute Gasteiger partial charge is 0.307 e. The third-order valence-corrected chi connectivity index (χ3v) is 4.67. The van der Waals surface area contributed by atoms with E-state index < -0.39 is 5.97 Å². The molecule has 1 aromatic rings. The maximum absolute atomic E-state index is 10.9. The van der Waals surface area contributed by atoms with Crippen molar-refractivity contribution in [2.24, 2.45) is 5.92 Å². The second kappa shape index (κ2) is 7.01. The van der Waals surface area contributed by atoms with Gasteiger partial charge in [0.25, 0.3) is 0 Å². The third-order valence-electron chi connectivity index (χ3n) is 4.67. The van der Waals surface area contributed by atoms with Gasteiger partial charge in [0.1, 0.15) is 5.82 Å². The Balaban J connectivity index is 2.10. The molecule has 0 amide bonds. The van der Waals surface area contributed by atoms with Gasteiger partial charge in [-0.3, -0.25) is 4.79 Å². The van der Waals surface area contributed by atoms with E-state index in [0.717, 1.165) is 28.7 Å². The van der Waals surface area contributed by atoms with Gasteiger partial charge in [-0.25, -0.2) is 9.97 Å². The van der Waals surface area contributed by atoms with Crippen LogP contribution in [0.4, 0.5) is 0 Å². The first-order valence-electron chi connectivity index (χ1n) is 8.07. The van der Waals surface area contributed by atoms with Crippen LogP contribution in [0.2, 0.25) is 0 Å². The first-order valence-corrected chi connectivity index (χ1v) is 8.07. The topological polar surface area (TPSA) is 63.1 Å². The van der Waals surface area contributed by atoms with Gasteiger partial charge in [0, 0.05) is 22.9 Å². The number of hydrogen-bond donors (Lipinski definition) is 1. The number of rotatable bonds is 5. The molecule has 1 aromatic heterocycles. The molecule has 0 saturated heterocycles. The quantitative estimate of drug-likeness (QED) is 0.896. The Morgan fingerprint density at radius 2 is 1.71 bits per heavy atom. The number of aromatic nitrogens is 2. The molecule has 21 heavy (non-hydrogen) atoms. The number of carboxylic acid groups (broad SMARTS) is 1. The molecule has 1 aliphatic carbocycles. The first kappa shape index (κ1) is 15.9. The Hall–Kier alpha value is -1.45. The van der Waals surface area contributed by atoms with E-state index in [1.54, 1.807) is 0 Å². The lowest BCUT2D eigenvalue weighted by Gasteiger charge is -2.28. The Morgan fingerprint density at radius 1 is 1.14 bits per heavy atom. The van der Waals surface area contributed by atoms with Crippen molar-refractivity contribution < 1.29 is 9.90 Å². The van der Waals surface area contributed by atoms with Gasteiger partial charge >= 0.3 is 5.97 Å². The van der Waals surface area contributed by atoms with Gasteiger partial charge in [-0.2, -0.15) is 0 Å². The normalized spacial score (nSPS) is 22.2. The summed E-state index contributed by atoms with van der Waals surface area (Å²) in [6.07, 6.45) is 7.51. The van der Waals surface area contributed by atoms with Crippen molar-refractivity contribution in [1.82, 2.24) is 9.97 Å². The SMILES string of the molecule is CCCC1CCC(c2nc(C)c(CC(=O)O)c(C)n2)CC1. The first-order chi connectivity index (χ1) is 10.0. The molecule has 0 bridgehead atoms. The predicted octanol–water partition coefficient (Wildman–Crippen LogP) is 3.79. The van der Waals surface area contributed by atoms with E-state index >= 15 is 0 Å². The van der Waals surface area contributed by atoms with Crippen LogP contribution in [0.1, 0.15) is 74.1 Å². The molecule has 116 valence electrons. The molecule has 0 spiro atoms. The standard InChI is InChI=1S/C17H26N2O2/c1-4-5-13-6-8-14(9-7-13)17-18-11(2)15(10-16(20)21)12(3)19-17/h13-14H,4-10H2,1-3H3,(H,20,21). The van der Waals surface area contributed by atoms with Crippen LogP contribution in [-0.4, -0.2) is 21.0 Å². The second-order valence-electron chi connectivity index (χ2n) is 6.31. The van der Waals surface area contributed by atoms with Crippen molar-refractivity contribution >= 4 is 5.97 Å². The summed E-state index contributed by atoms with van der Waals surface area (Å²) in [6, 6.07) is 0. The van der Waals surface area contributed by atoms with Gasteiger partial charge in [-0.1, -0.05) is 19.8 Å². The van der Waals surface area contributed by atoms with Crippen molar-refractivity contribution in [2.75, 3.05) is 0 Å². The average molecular weight is 290 g/mol. The zero-order chi connectivity index (χ0) is 15.4. The largest absolute Gasteiger partial charge is 0.481 e. The molecule has 1 N–H and O–H groups in total. The van der Waals surface area contributed by atoms with E-state index in [9.17, 15) is 4.79 Å². The second-order valence-corrected chi connectivity index (χ2v) is 6.31. The molecule has 0 aliphatic heterocycles. The highest BCUT2D eigenvalue weighted by Crippen LogP contribution is 2.36. The van der Waals surface area contributed by atoms with Gasteiger partial charge in [-0.15, -0.1) is 0 Å². The van der Waals surface area contributed by atoms with Gasteiger partial charge in [0.05, 0.1) is 6.42 Å². The summed E-state index contributed by atoms with van der Waals surface area (Å²) in [5.41, 5.74) is 2.43. The molecule has 0 atom stereocenters. The monoisotopic (exact) mass is 290 g/mol. The van der Waals surface area contributed by atoms with Crippen LogP contribution in [0.15, 0.2) is 0 Å². The van der Waals surface area contributed by atoms with Crippen LogP contribution in [0.25, 0.3) is 0 Å². The van der Waals surface area contributed by atoms with E-state index in [1.165, 1.54) is 38.5 Å². The fourth-order valence-corrected chi connectivity index (χ4v) is 3.47. The molecule has 1 aliphatic rings. The van der Waals surface area contributed by atoms with E-state index in [4.69, 9.17) is 5.11 Å². The van der Waals surface area contributed by atoms with Gasteiger partial charge < -0.3 is 5.11 Å². The van der Waals surface area contributed by atoms with Crippen LogP contribution >= 0.6 is 0 Å². The third kappa shape index (κ3) is 4.02. The molecule has 0 radical (unpaired) electrons. The lowest BCUT2D eigenvalue weighted by Crippen LogP contribution is -2.17. The summed E-state index contributed by atoms with van der Waals surface area (Å²) >= 11 is 0. The summed E-state index contributed by atoms with van der Waals surface area (Å²) < 4.78 is 0. The predicted molar refractivity (Wildman–Crippen MR) is 82.5 cm³/mol. The van der Waals surface area contributed by atoms with Gasteiger partial charge in [0.2, 0.25) is 0 Å². The number of carbonyl (C=O) groups is 1. The van der Waals surface area contributed by atoms with E-state index in [2.05, 4.69) is 16.9 Å². The van der Waals surface area contributed by atoms with Crippen LogP contribution in [0.5, 0.6) is 0 Å². The van der Waals surface area contributed by atoms with Crippen molar-refractivity contribution in [1.29, 1.82) is 0 Å². The van der Waals surface area contributed by atoms with E-state index in [0.29, 0.717) is 5.92 Å². The van der Waals surface area contributed by atoms with Crippen molar-refractivity contribution in [3.05, 3.63) is 22.8 Å². The highest BCUT2D eigenvalue weighted by Gasteiger charge is 2.24. The zero-order valence-corrected chi connectivity index (χ0v) is 13.4. The van der Waals surface area contributed by atoms with Crippen LogP contribution < -0.4 is 0 Å². The Kier molecular flexibility index (Phi) is 5.32. The summed E-state index contributed by atoms with van der Waals surface area (Å²) in [6.45, 7) is 6.06. The lowest BCUT2D eigenvalue weighted by molar-refractivity contribution is -0.136. The number of nitrogens with zero attached hydrogens (tertiary/aromatic N) is 2. The minimum atomic E-state index is -0.822. The zero-order valence-electron chi connectivity index (χ0n) is 13.4. The number of carboxylic acids is 1. The fourth-order valence-electron chi connectivity index (χ4n) is 3.47. The van der Waals surface area contributed by atoms with Gasteiger partial charge in [0.15, 0.2) is 0 Å². The molecule has 0 unspecified atom stereocenters. The molecule has 1 fully saturated rings. The Bertz CT molecular complexity index is 483. The van der Waals surface area contributed by atoms with E-state index in [1.807, 2.05) is 13.8 Å². The number of aryl methyl sites for hydroxylation is 2. The maximum atomic E-state index is 10.9. The molecular formula is C17H26N2O2. The molecule has 2 rings (SSSR count). The molecular weight excluding hydrogens is 264 g/mol. The molecule has 4 heteroatoms. The molecule has 4 nitrogen and oxygen atoms in total. The Morgan fingerprint density at radius 3 is 2.19 bits per heavy atom. The van der Waals surface area contributed by atoms with Crippen molar-refractivity contribution in [3.63, 3.8) is 0 Å².